The molecule has 4 rings (SSSR count). The lowest BCUT2D eigenvalue weighted by molar-refractivity contribution is -0.192. The summed E-state index contributed by atoms with van der Waals surface area (Å²) in [5.41, 5.74) is 1.36. The Morgan fingerprint density at radius 3 is 2.53 bits per heavy atom. The number of alkyl halides is 3. The lowest BCUT2D eigenvalue weighted by Crippen LogP contribution is -2.35. The van der Waals surface area contributed by atoms with Crippen molar-refractivity contribution in [1.82, 2.24) is 20.2 Å². The largest absolute Gasteiger partial charge is 0.490 e. The number of aliphatic carboxylic acids is 1. The van der Waals surface area contributed by atoms with Crippen LogP contribution in [0.1, 0.15) is 36.1 Å². The molecule has 2 aliphatic rings. The summed E-state index contributed by atoms with van der Waals surface area (Å²) in [7, 11) is 4.34. The summed E-state index contributed by atoms with van der Waals surface area (Å²) in [5, 5.41) is 11.7. The number of nitrogens with zero attached hydrogens (tertiary/aromatic N) is 3. The Labute approximate surface area is 176 Å². The van der Waals surface area contributed by atoms with E-state index in [0.29, 0.717) is 6.04 Å². The molecule has 166 valence electrons. The van der Waals surface area contributed by atoms with E-state index in [9.17, 15) is 13.2 Å². The van der Waals surface area contributed by atoms with Gasteiger partial charge < -0.3 is 20.1 Å². The zero-order valence-electron chi connectivity index (χ0n) is 16.8. The Bertz CT molecular complexity index is 880. The van der Waals surface area contributed by atoms with Crippen LogP contribution in [-0.4, -0.2) is 64.9 Å². The van der Waals surface area contributed by atoms with Crippen LogP contribution in [0.4, 0.5) is 13.2 Å². The van der Waals surface area contributed by atoms with Crippen molar-refractivity contribution in [2.24, 2.45) is 0 Å². The number of hydrogen-bond acceptors (Lipinski definition) is 7. The summed E-state index contributed by atoms with van der Waals surface area (Å²) in [6.07, 6.45) is 2.57. The second-order valence-electron chi connectivity index (χ2n) is 7.60. The first-order valence-corrected chi connectivity index (χ1v) is 10.6. The second kappa shape index (κ2) is 9.44. The molecule has 0 spiro atoms. The van der Waals surface area contributed by atoms with Crippen molar-refractivity contribution in [2.45, 2.75) is 57.0 Å². The normalized spacial score (nSPS) is 21.7. The molecule has 11 heteroatoms. The number of carboxylic acids is 1. The summed E-state index contributed by atoms with van der Waals surface area (Å²) in [4.78, 5) is 22.7. The molecular formula is C19H25F3N4O3S. The molecule has 1 fully saturated rings. The molecule has 0 radical (unpaired) electrons. The molecule has 30 heavy (non-hydrogen) atoms. The van der Waals surface area contributed by atoms with Crippen molar-refractivity contribution in [3.05, 3.63) is 16.8 Å². The predicted molar refractivity (Wildman–Crippen MR) is 107 cm³/mol. The maximum absolute atomic E-state index is 10.6. The van der Waals surface area contributed by atoms with E-state index in [2.05, 4.69) is 34.3 Å². The van der Waals surface area contributed by atoms with Gasteiger partial charge in [0, 0.05) is 24.0 Å². The Hall–Kier alpha value is -1.98. The van der Waals surface area contributed by atoms with Gasteiger partial charge in [-0.3, -0.25) is 0 Å². The highest BCUT2D eigenvalue weighted by Gasteiger charge is 2.38. The highest BCUT2D eigenvalue weighted by atomic mass is 32.1. The van der Waals surface area contributed by atoms with Crippen LogP contribution in [-0.2, 0) is 17.8 Å². The Morgan fingerprint density at radius 1 is 1.27 bits per heavy atom. The van der Waals surface area contributed by atoms with Crippen LogP contribution < -0.4 is 10.1 Å². The first-order valence-electron chi connectivity index (χ1n) is 9.76. The molecule has 2 aromatic rings. The third-order valence-corrected chi connectivity index (χ3v) is 6.56. The van der Waals surface area contributed by atoms with Crippen LogP contribution in [0.2, 0.25) is 0 Å². The fourth-order valence-electron chi connectivity index (χ4n) is 3.74. The van der Waals surface area contributed by atoms with Gasteiger partial charge in [-0.1, -0.05) is 0 Å². The van der Waals surface area contributed by atoms with Gasteiger partial charge >= 0.3 is 12.1 Å². The van der Waals surface area contributed by atoms with Gasteiger partial charge in [-0.15, -0.1) is 11.3 Å². The molecule has 0 aromatic carbocycles. The lowest BCUT2D eigenvalue weighted by atomic mass is 9.92. The Balaban J connectivity index is 0.000000318. The number of nitrogens with one attached hydrogen (secondary N) is 1. The Morgan fingerprint density at radius 2 is 1.93 bits per heavy atom. The molecule has 1 aliphatic carbocycles. The van der Waals surface area contributed by atoms with Crippen molar-refractivity contribution >= 4 is 27.5 Å². The van der Waals surface area contributed by atoms with Gasteiger partial charge in [0.1, 0.15) is 17.3 Å². The van der Waals surface area contributed by atoms with Gasteiger partial charge in [0.25, 0.3) is 0 Å². The SMILES string of the molecule is CN(C)C1CCC(Oc2ncnc3sc4c(c23)CNCC4)CC1.O=C(O)C(F)(F)F. The van der Waals surface area contributed by atoms with Crippen molar-refractivity contribution in [3.8, 4) is 5.88 Å². The minimum atomic E-state index is -5.08. The molecular weight excluding hydrogens is 421 g/mol. The van der Waals surface area contributed by atoms with Crippen LogP contribution in [0.3, 0.4) is 0 Å². The minimum Gasteiger partial charge on any atom is -0.475 e. The van der Waals surface area contributed by atoms with Gasteiger partial charge in [-0.05, 0) is 51.8 Å². The van der Waals surface area contributed by atoms with E-state index in [1.807, 2.05) is 0 Å². The predicted octanol–water partition coefficient (Wildman–Crippen LogP) is 3.22. The van der Waals surface area contributed by atoms with Crippen molar-refractivity contribution in [3.63, 3.8) is 0 Å². The van der Waals surface area contributed by atoms with Crippen LogP contribution in [0.5, 0.6) is 5.88 Å². The minimum absolute atomic E-state index is 0.288. The van der Waals surface area contributed by atoms with Gasteiger partial charge in [-0.25, -0.2) is 14.8 Å². The molecule has 2 aromatic heterocycles. The number of hydrogen-bond donors (Lipinski definition) is 2. The molecule has 1 aliphatic heterocycles. The van der Waals surface area contributed by atoms with Gasteiger partial charge in [0.2, 0.25) is 5.88 Å². The van der Waals surface area contributed by atoms with E-state index in [1.165, 1.54) is 23.3 Å². The van der Waals surface area contributed by atoms with Crippen molar-refractivity contribution in [1.29, 1.82) is 0 Å². The molecule has 0 amide bonds. The molecule has 1 saturated carbocycles. The van der Waals surface area contributed by atoms with Crippen molar-refractivity contribution in [2.75, 3.05) is 20.6 Å². The first-order chi connectivity index (χ1) is 14.2. The molecule has 0 bridgehead atoms. The van der Waals surface area contributed by atoms with Crippen LogP contribution >= 0.6 is 11.3 Å². The maximum Gasteiger partial charge on any atom is 0.490 e. The highest BCUT2D eigenvalue weighted by molar-refractivity contribution is 7.18. The number of carbonyl (C=O) groups is 1. The summed E-state index contributed by atoms with van der Waals surface area (Å²) < 4.78 is 38.1. The van der Waals surface area contributed by atoms with Gasteiger partial charge in [0.15, 0.2) is 0 Å². The van der Waals surface area contributed by atoms with Crippen molar-refractivity contribution < 1.29 is 27.8 Å². The zero-order valence-corrected chi connectivity index (χ0v) is 17.6. The molecule has 7 nitrogen and oxygen atoms in total. The number of thiophene rings is 1. The van der Waals surface area contributed by atoms with E-state index in [1.54, 1.807) is 17.7 Å². The average Bonchev–Trinajstić information content (AvgIpc) is 3.08. The van der Waals surface area contributed by atoms with E-state index in [0.717, 1.165) is 48.4 Å². The number of rotatable bonds is 3. The first kappa shape index (κ1) is 22.7. The lowest BCUT2D eigenvalue weighted by Gasteiger charge is -2.32. The molecule has 0 saturated heterocycles. The highest BCUT2D eigenvalue weighted by Crippen LogP contribution is 2.37. The smallest absolute Gasteiger partial charge is 0.475 e. The van der Waals surface area contributed by atoms with E-state index >= 15 is 0 Å². The average molecular weight is 446 g/mol. The van der Waals surface area contributed by atoms with E-state index in [4.69, 9.17) is 14.6 Å². The quantitative estimate of drug-likeness (QED) is 0.749. The Kier molecular flexibility index (Phi) is 7.14. The third-order valence-electron chi connectivity index (χ3n) is 5.36. The number of aromatic nitrogens is 2. The summed E-state index contributed by atoms with van der Waals surface area (Å²) in [6.45, 7) is 1.96. The standard InChI is InChI=1S/C17H24N4OS.C2HF3O2/c1-21(2)11-3-5-12(6-4-11)22-16-15-13-9-18-8-7-14(13)23-17(15)20-10-19-16;3-2(4,5)1(6)7/h10-12,18H,3-9H2,1-2H3;(H,6,7). The summed E-state index contributed by atoms with van der Waals surface area (Å²) in [5.74, 6) is -1.96. The van der Waals surface area contributed by atoms with Gasteiger partial charge in [0.05, 0.1) is 5.39 Å². The van der Waals surface area contributed by atoms with Crippen LogP contribution in [0.25, 0.3) is 10.2 Å². The molecule has 0 unspecified atom stereocenters. The van der Waals surface area contributed by atoms with E-state index < -0.39 is 12.1 Å². The topological polar surface area (TPSA) is 87.6 Å². The second-order valence-corrected chi connectivity index (χ2v) is 8.69. The number of halogens is 3. The molecule has 0 atom stereocenters. The molecule has 3 heterocycles. The van der Waals surface area contributed by atoms with Gasteiger partial charge in [-0.2, -0.15) is 13.2 Å². The zero-order chi connectivity index (χ0) is 21.9. The summed E-state index contributed by atoms with van der Waals surface area (Å²) in [6, 6.07) is 0.693. The van der Waals surface area contributed by atoms with E-state index in [-0.39, 0.29) is 6.10 Å². The fraction of sp³-hybridized carbons (Fsp3) is 0.632. The summed E-state index contributed by atoms with van der Waals surface area (Å²) >= 11 is 1.80. The number of carboxylic acid groups (broad SMARTS) is 1. The van der Waals surface area contributed by atoms with Crippen LogP contribution in [0.15, 0.2) is 6.33 Å². The van der Waals surface area contributed by atoms with Crippen LogP contribution in [0, 0.1) is 0 Å². The number of ether oxygens (including phenoxy) is 1. The molecule has 2 N–H and O–H groups in total. The third kappa shape index (κ3) is 5.38. The number of fused-ring (bicyclic) bond motifs is 3. The monoisotopic (exact) mass is 446 g/mol. The maximum atomic E-state index is 10.6. The fourth-order valence-corrected chi connectivity index (χ4v) is 4.89.